The molecule has 0 aliphatic heterocycles. The molecule has 7 heteroatoms. The van der Waals surface area contributed by atoms with Crippen molar-refractivity contribution in [2.45, 2.75) is 13.3 Å². The molecule has 0 aliphatic carbocycles. The summed E-state index contributed by atoms with van der Waals surface area (Å²) in [6, 6.07) is 12.9. The third-order valence-electron chi connectivity index (χ3n) is 3.78. The molecule has 0 saturated heterocycles. The molecule has 0 bridgehead atoms. The fourth-order valence-electron chi connectivity index (χ4n) is 2.67. The Kier molecular flexibility index (Phi) is 5.54. The maximum atomic E-state index is 11.9. The van der Waals surface area contributed by atoms with Crippen LogP contribution in [0.5, 0.6) is 0 Å². The Morgan fingerprint density at radius 2 is 1.84 bits per heavy atom. The number of aromatic nitrogens is 2. The van der Waals surface area contributed by atoms with Crippen molar-refractivity contribution < 1.29 is 4.79 Å². The summed E-state index contributed by atoms with van der Waals surface area (Å²) in [7, 11) is 0. The van der Waals surface area contributed by atoms with Crippen LogP contribution >= 0.6 is 50.7 Å². The third kappa shape index (κ3) is 3.63. The van der Waals surface area contributed by atoms with Crippen LogP contribution in [0.2, 0.25) is 10.0 Å². The number of halogens is 4. The molecular weight excluding hydrogens is 446 g/mol. The number of hydrogen-bond donors (Lipinski definition) is 0. The van der Waals surface area contributed by atoms with Gasteiger partial charge in [0, 0.05) is 20.6 Å². The van der Waals surface area contributed by atoms with Gasteiger partial charge in [-0.05, 0) is 48.4 Å². The van der Waals surface area contributed by atoms with Crippen molar-refractivity contribution in [1.82, 2.24) is 9.78 Å². The molecule has 0 unspecified atom stereocenters. The first-order valence-electron chi connectivity index (χ1n) is 7.45. The highest BCUT2D eigenvalue weighted by atomic mass is 79.9. The quantitative estimate of drug-likeness (QED) is 0.416. The largest absolute Gasteiger partial charge is 0.274 e. The van der Waals surface area contributed by atoms with E-state index in [9.17, 15) is 4.79 Å². The van der Waals surface area contributed by atoms with E-state index in [0.717, 1.165) is 21.3 Å². The van der Waals surface area contributed by atoms with E-state index in [2.05, 4.69) is 21.0 Å². The van der Waals surface area contributed by atoms with Gasteiger partial charge < -0.3 is 0 Å². The Morgan fingerprint density at radius 1 is 1.16 bits per heavy atom. The molecule has 3 nitrogen and oxygen atoms in total. The molecule has 0 amide bonds. The van der Waals surface area contributed by atoms with Crippen molar-refractivity contribution >= 4 is 56.0 Å². The second-order valence-corrected chi connectivity index (χ2v) is 7.42. The highest BCUT2D eigenvalue weighted by molar-refractivity contribution is 9.10. The molecule has 3 rings (SSSR count). The van der Waals surface area contributed by atoms with Gasteiger partial charge in [-0.15, -0.1) is 0 Å². The van der Waals surface area contributed by atoms with E-state index in [0.29, 0.717) is 22.2 Å². The van der Waals surface area contributed by atoms with Gasteiger partial charge in [-0.2, -0.15) is 5.10 Å². The van der Waals surface area contributed by atoms with Crippen molar-refractivity contribution in [2.75, 3.05) is 0 Å². The van der Waals surface area contributed by atoms with Gasteiger partial charge in [0.2, 0.25) is 0 Å². The van der Waals surface area contributed by atoms with Gasteiger partial charge in [0.15, 0.2) is 0 Å². The lowest BCUT2D eigenvalue weighted by atomic mass is 10.0. The normalized spacial score (nSPS) is 10.9. The fraction of sp³-hybridized carbons (Fsp3) is 0.111. The summed E-state index contributed by atoms with van der Waals surface area (Å²) in [6.45, 7) is 1.95. The Morgan fingerprint density at radius 3 is 2.40 bits per heavy atom. The number of carbonyl (C=O) groups is 1. The summed E-state index contributed by atoms with van der Waals surface area (Å²) in [6.07, 6.45) is 0.602. The average molecular weight is 459 g/mol. The standard InChI is InChI=1S/C18H12BrCl3N2O/c1-2-13-16(18(22)25)23-24(15-8-7-12(20)9-14(15)21)17(13)10-3-5-11(19)6-4-10/h3-9H,2H2,1H3. The molecule has 0 aliphatic rings. The van der Waals surface area contributed by atoms with Crippen LogP contribution in [-0.4, -0.2) is 15.0 Å². The summed E-state index contributed by atoms with van der Waals surface area (Å²) in [5, 5.41) is 4.80. The summed E-state index contributed by atoms with van der Waals surface area (Å²) in [5.41, 5.74) is 3.32. The summed E-state index contributed by atoms with van der Waals surface area (Å²) in [5.74, 6) is 0. The van der Waals surface area contributed by atoms with Crippen LogP contribution in [-0.2, 0) is 6.42 Å². The van der Waals surface area contributed by atoms with Gasteiger partial charge in [0.05, 0.1) is 16.4 Å². The number of benzene rings is 2. The summed E-state index contributed by atoms with van der Waals surface area (Å²) >= 11 is 21.6. The lowest BCUT2D eigenvalue weighted by Crippen LogP contribution is -2.01. The first kappa shape index (κ1) is 18.5. The lowest BCUT2D eigenvalue weighted by Gasteiger charge is -2.11. The minimum absolute atomic E-state index is 0.230. The minimum Gasteiger partial charge on any atom is -0.274 e. The smallest absolute Gasteiger partial charge is 0.273 e. The minimum atomic E-state index is -0.598. The van der Waals surface area contributed by atoms with Gasteiger partial charge in [-0.3, -0.25) is 4.79 Å². The number of nitrogens with zero attached hydrogens (tertiary/aromatic N) is 2. The van der Waals surface area contributed by atoms with Crippen molar-refractivity contribution in [3.63, 3.8) is 0 Å². The SMILES string of the molecule is CCc1c(C(=O)Cl)nn(-c2ccc(Cl)cc2Cl)c1-c1ccc(Br)cc1. The second kappa shape index (κ2) is 7.50. The second-order valence-electron chi connectivity index (χ2n) is 5.32. The van der Waals surface area contributed by atoms with E-state index >= 15 is 0 Å². The zero-order valence-electron chi connectivity index (χ0n) is 13.1. The Bertz CT molecular complexity index is 952. The molecule has 0 atom stereocenters. The Labute approximate surface area is 168 Å². The maximum absolute atomic E-state index is 11.9. The van der Waals surface area contributed by atoms with Crippen molar-refractivity contribution in [1.29, 1.82) is 0 Å². The highest BCUT2D eigenvalue weighted by Gasteiger charge is 2.23. The molecule has 0 spiro atoms. The predicted octanol–water partition coefficient (Wildman–Crippen LogP) is 6.55. The molecule has 0 radical (unpaired) electrons. The average Bonchev–Trinajstić information content (AvgIpc) is 2.95. The highest BCUT2D eigenvalue weighted by Crippen LogP contribution is 2.34. The first-order chi connectivity index (χ1) is 11.9. The van der Waals surface area contributed by atoms with Crippen LogP contribution in [0.15, 0.2) is 46.9 Å². The van der Waals surface area contributed by atoms with Crippen LogP contribution in [0, 0.1) is 0 Å². The van der Waals surface area contributed by atoms with E-state index in [1.165, 1.54) is 0 Å². The van der Waals surface area contributed by atoms with Gasteiger partial charge in [-0.1, -0.05) is 58.2 Å². The summed E-state index contributed by atoms with van der Waals surface area (Å²) < 4.78 is 2.61. The van der Waals surface area contributed by atoms with E-state index in [1.54, 1.807) is 22.9 Å². The van der Waals surface area contributed by atoms with E-state index in [1.807, 2.05) is 31.2 Å². The van der Waals surface area contributed by atoms with Crippen LogP contribution < -0.4 is 0 Å². The zero-order valence-corrected chi connectivity index (χ0v) is 16.9. The molecule has 3 aromatic rings. The molecule has 128 valence electrons. The van der Waals surface area contributed by atoms with Crippen molar-refractivity contribution in [3.8, 4) is 16.9 Å². The molecular formula is C18H12BrCl3N2O. The first-order valence-corrected chi connectivity index (χ1v) is 9.38. The topological polar surface area (TPSA) is 34.9 Å². The number of carbonyl (C=O) groups excluding carboxylic acids is 1. The van der Waals surface area contributed by atoms with E-state index in [-0.39, 0.29) is 5.69 Å². The van der Waals surface area contributed by atoms with Crippen LogP contribution in [0.1, 0.15) is 23.0 Å². The van der Waals surface area contributed by atoms with Crippen LogP contribution in [0.4, 0.5) is 0 Å². The van der Waals surface area contributed by atoms with E-state index < -0.39 is 5.24 Å². The molecule has 0 N–H and O–H groups in total. The molecule has 1 heterocycles. The van der Waals surface area contributed by atoms with Gasteiger partial charge in [-0.25, -0.2) is 4.68 Å². The molecule has 1 aromatic heterocycles. The van der Waals surface area contributed by atoms with Crippen molar-refractivity contribution in [2.24, 2.45) is 0 Å². The Balaban J connectivity index is 2.34. The van der Waals surface area contributed by atoms with Crippen LogP contribution in [0.25, 0.3) is 16.9 Å². The lowest BCUT2D eigenvalue weighted by molar-refractivity contribution is 0.107. The predicted molar refractivity (Wildman–Crippen MR) is 106 cm³/mol. The monoisotopic (exact) mass is 456 g/mol. The molecule has 2 aromatic carbocycles. The van der Waals surface area contributed by atoms with Gasteiger partial charge in [0.25, 0.3) is 5.24 Å². The third-order valence-corrected chi connectivity index (χ3v) is 5.02. The molecule has 0 saturated carbocycles. The Hall–Kier alpha value is -1.33. The number of hydrogen-bond acceptors (Lipinski definition) is 2. The fourth-order valence-corrected chi connectivity index (χ4v) is 3.58. The maximum Gasteiger partial charge on any atom is 0.273 e. The molecule has 0 fully saturated rings. The van der Waals surface area contributed by atoms with Gasteiger partial charge in [0.1, 0.15) is 5.69 Å². The van der Waals surface area contributed by atoms with Crippen molar-refractivity contribution in [3.05, 3.63) is 68.2 Å². The summed E-state index contributed by atoms with van der Waals surface area (Å²) in [4.78, 5) is 11.9. The molecule has 25 heavy (non-hydrogen) atoms. The van der Waals surface area contributed by atoms with Gasteiger partial charge >= 0.3 is 0 Å². The zero-order chi connectivity index (χ0) is 18.1. The number of rotatable bonds is 4. The van der Waals surface area contributed by atoms with Crippen LogP contribution in [0.3, 0.4) is 0 Å². The van der Waals surface area contributed by atoms with E-state index in [4.69, 9.17) is 34.8 Å².